The van der Waals surface area contributed by atoms with Crippen LogP contribution in [0.25, 0.3) is 0 Å². The summed E-state index contributed by atoms with van der Waals surface area (Å²) in [7, 11) is 0. The fourth-order valence-corrected chi connectivity index (χ4v) is 11.8. The molecule has 1 rings (SSSR count). The Kier molecular flexibility index (Phi) is 3.50. The molecule has 0 aromatic heterocycles. The minimum atomic E-state index is -1.81. The zero-order chi connectivity index (χ0) is 7.61. The molecule has 3 heteroatoms. The third-order valence-corrected chi connectivity index (χ3v) is 16.8. The molecule has 10 heavy (non-hydrogen) atoms. The molecule has 0 aliphatic carbocycles. The van der Waals surface area contributed by atoms with Crippen LogP contribution in [-0.2, 0) is 4.74 Å². The third kappa shape index (κ3) is 2.70. The Hall–Kier alpha value is 1.23. The number of thioether (sulfide) groups is 1. The van der Waals surface area contributed by atoms with Gasteiger partial charge in [-0.05, 0) is 0 Å². The van der Waals surface area contributed by atoms with Crippen LogP contribution in [0.3, 0.4) is 0 Å². The summed E-state index contributed by atoms with van der Waals surface area (Å²) in [6, 6.07) is 0. The second-order valence-electron chi connectivity index (χ2n) is 3.79. The van der Waals surface area contributed by atoms with Crippen molar-refractivity contribution in [2.24, 2.45) is 0 Å². The van der Waals surface area contributed by atoms with Crippen LogP contribution < -0.4 is 0 Å². The SMILES string of the molecule is [CH3][Pb]([CH3])([CH3])[CH]1OCCCS1. The molecule has 60 valence electrons. The average molecular weight is 355 g/mol. The molecule has 0 spiro atoms. The summed E-state index contributed by atoms with van der Waals surface area (Å²) in [5.74, 6) is 1.32. The van der Waals surface area contributed by atoms with E-state index >= 15 is 0 Å². The van der Waals surface area contributed by atoms with Gasteiger partial charge in [0.1, 0.15) is 0 Å². The van der Waals surface area contributed by atoms with E-state index in [9.17, 15) is 0 Å². The van der Waals surface area contributed by atoms with Crippen LogP contribution in [0.5, 0.6) is 0 Å². The van der Waals surface area contributed by atoms with Crippen LogP contribution in [0, 0.1) is 0 Å². The Bertz CT molecular complexity index is 105. The van der Waals surface area contributed by atoms with Gasteiger partial charge in [-0.15, -0.1) is 0 Å². The number of hydrogen-bond donors (Lipinski definition) is 0. The molecule has 0 N–H and O–H groups in total. The molecule has 0 amide bonds. The monoisotopic (exact) mass is 356 g/mol. The fourth-order valence-electron chi connectivity index (χ4n) is 0.988. The van der Waals surface area contributed by atoms with Crippen LogP contribution >= 0.6 is 11.8 Å². The van der Waals surface area contributed by atoms with Crippen LogP contribution in [0.1, 0.15) is 6.42 Å². The van der Waals surface area contributed by atoms with Crippen LogP contribution in [0.4, 0.5) is 0 Å². The van der Waals surface area contributed by atoms with Gasteiger partial charge in [0.25, 0.3) is 0 Å². The van der Waals surface area contributed by atoms with Gasteiger partial charge in [0.15, 0.2) is 0 Å². The van der Waals surface area contributed by atoms with E-state index < -0.39 is 21.2 Å². The predicted octanol–water partition coefficient (Wildman–Crippen LogP) is 2.34. The van der Waals surface area contributed by atoms with E-state index in [1.807, 2.05) is 11.8 Å². The van der Waals surface area contributed by atoms with E-state index in [2.05, 4.69) is 13.4 Å². The molecule has 0 aromatic rings. The van der Waals surface area contributed by atoms with Gasteiger partial charge >= 0.3 is 72.9 Å². The average Bonchev–Trinajstić information content (AvgIpc) is 1.88. The molecule has 0 saturated carbocycles. The first kappa shape index (κ1) is 9.32. The maximum atomic E-state index is 5.70. The molecule has 1 heterocycles. The van der Waals surface area contributed by atoms with Gasteiger partial charge in [0.2, 0.25) is 0 Å². The van der Waals surface area contributed by atoms with Crippen LogP contribution in [0.2, 0.25) is 13.4 Å². The summed E-state index contributed by atoms with van der Waals surface area (Å²) in [6.45, 7) is 1.01. The number of ether oxygens (including phenoxy) is 1. The first-order valence-corrected chi connectivity index (χ1v) is 18.8. The van der Waals surface area contributed by atoms with E-state index in [4.69, 9.17) is 4.74 Å². The second kappa shape index (κ2) is 3.76. The molecule has 1 unspecified atom stereocenters. The van der Waals surface area contributed by atoms with Gasteiger partial charge in [-0.1, -0.05) is 0 Å². The van der Waals surface area contributed by atoms with Crippen molar-refractivity contribution in [2.45, 2.75) is 22.9 Å². The second-order valence-corrected chi connectivity index (χ2v) is 27.0. The summed E-state index contributed by atoms with van der Waals surface area (Å²) < 4.78 is 13.7. The molecule has 0 aromatic carbocycles. The first-order valence-electron chi connectivity index (χ1n) is 3.84. The number of rotatable bonds is 1. The van der Waals surface area contributed by atoms with Crippen molar-refractivity contribution in [3.05, 3.63) is 0 Å². The zero-order valence-electron chi connectivity index (χ0n) is 7.02. The van der Waals surface area contributed by atoms with Crippen LogP contribution in [-0.4, -0.2) is 36.5 Å². The van der Waals surface area contributed by atoms with E-state index in [0.717, 1.165) is 6.61 Å². The Labute approximate surface area is 72.6 Å². The van der Waals surface area contributed by atoms with Gasteiger partial charge in [-0.2, -0.15) is 0 Å². The van der Waals surface area contributed by atoms with Gasteiger partial charge in [0, 0.05) is 0 Å². The molecule has 1 aliphatic heterocycles. The van der Waals surface area contributed by atoms with Crippen molar-refractivity contribution < 1.29 is 4.74 Å². The molecule has 1 atom stereocenters. The quantitative estimate of drug-likeness (QED) is 0.668. The Morgan fingerprint density at radius 3 is 2.40 bits per heavy atom. The van der Waals surface area contributed by atoms with E-state index in [0.29, 0.717) is 3.00 Å². The fraction of sp³-hybridized carbons (Fsp3) is 1.00. The van der Waals surface area contributed by atoms with Crippen molar-refractivity contribution >= 4 is 32.9 Å². The van der Waals surface area contributed by atoms with E-state index in [-0.39, 0.29) is 0 Å². The Morgan fingerprint density at radius 2 is 2.10 bits per heavy atom. The summed E-state index contributed by atoms with van der Waals surface area (Å²) >= 11 is 0.235. The van der Waals surface area contributed by atoms with Gasteiger partial charge in [-0.3, -0.25) is 0 Å². The van der Waals surface area contributed by atoms with Crippen molar-refractivity contribution in [3.8, 4) is 0 Å². The minimum absolute atomic E-state index is 0.640. The maximum absolute atomic E-state index is 5.70. The first-order chi connectivity index (χ1) is 4.61. The Morgan fingerprint density at radius 1 is 1.40 bits per heavy atom. The van der Waals surface area contributed by atoms with Crippen molar-refractivity contribution in [1.82, 2.24) is 0 Å². The molecule has 0 bridgehead atoms. The number of hydrogen-bond acceptors (Lipinski definition) is 2. The van der Waals surface area contributed by atoms with Crippen molar-refractivity contribution in [2.75, 3.05) is 12.4 Å². The molecule has 1 aliphatic rings. The molecular weight excluding hydrogens is 339 g/mol. The molecular formula is C7H16OPbS. The topological polar surface area (TPSA) is 9.23 Å². The normalized spacial score (nSPS) is 28.5. The van der Waals surface area contributed by atoms with E-state index in [1.165, 1.54) is 12.2 Å². The Balaban J connectivity index is 2.39. The predicted molar refractivity (Wildman–Crippen MR) is 50.2 cm³/mol. The summed E-state index contributed by atoms with van der Waals surface area (Å²) in [4.78, 5) is 0. The summed E-state index contributed by atoms with van der Waals surface area (Å²) in [6.07, 6.45) is 1.26. The van der Waals surface area contributed by atoms with E-state index in [1.54, 1.807) is 0 Å². The molecule has 1 fully saturated rings. The van der Waals surface area contributed by atoms with Crippen molar-refractivity contribution in [3.63, 3.8) is 0 Å². The van der Waals surface area contributed by atoms with Crippen molar-refractivity contribution in [1.29, 1.82) is 0 Å². The van der Waals surface area contributed by atoms with Gasteiger partial charge < -0.3 is 0 Å². The molecule has 1 saturated heterocycles. The summed E-state index contributed by atoms with van der Waals surface area (Å²) in [5, 5.41) is 0. The van der Waals surface area contributed by atoms with Gasteiger partial charge in [-0.25, -0.2) is 0 Å². The van der Waals surface area contributed by atoms with Crippen LogP contribution in [0.15, 0.2) is 0 Å². The third-order valence-electron chi connectivity index (χ3n) is 1.53. The standard InChI is InChI=1S/C4H7OS.3CH3.Pb/c1-2-5-4-6-3-1;;;;/h4H,1-3H2;3*1H3;. The molecule has 0 radical (unpaired) electrons. The zero-order valence-corrected chi connectivity index (χ0v) is 11.7. The van der Waals surface area contributed by atoms with Gasteiger partial charge in [0.05, 0.1) is 0 Å². The summed E-state index contributed by atoms with van der Waals surface area (Å²) in [5.41, 5.74) is 0. The molecule has 1 nitrogen and oxygen atoms in total.